The summed E-state index contributed by atoms with van der Waals surface area (Å²) in [6.07, 6.45) is 0. The van der Waals surface area contributed by atoms with E-state index in [4.69, 9.17) is 20.9 Å². The molecule has 0 amide bonds. The Hall–Kier alpha value is -1.81. The van der Waals surface area contributed by atoms with Crippen LogP contribution in [0, 0.1) is 13.8 Å². The molecule has 0 fully saturated rings. The molecule has 1 heterocycles. The smallest absolute Gasteiger partial charge is 0.349 e. The van der Waals surface area contributed by atoms with Crippen LogP contribution in [0.1, 0.15) is 21.8 Å². The summed E-state index contributed by atoms with van der Waals surface area (Å²) in [4.78, 5) is 11.8. The van der Waals surface area contributed by atoms with Gasteiger partial charge in [-0.1, -0.05) is 16.8 Å². The fourth-order valence-electron chi connectivity index (χ4n) is 1.44. The van der Waals surface area contributed by atoms with Crippen molar-refractivity contribution in [3.8, 4) is 5.75 Å². The number of ether oxygens (including phenoxy) is 1. The maximum Gasteiger partial charge on any atom is 0.349 e. The molecule has 1 aromatic carbocycles. The molecule has 0 aliphatic heterocycles. The lowest BCUT2D eigenvalue weighted by Crippen LogP contribution is -2.10. The number of carbonyl (C=O) groups excluding carboxylic acids is 1. The van der Waals surface area contributed by atoms with Crippen molar-refractivity contribution in [1.29, 1.82) is 0 Å². The zero-order chi connectivity index (χ0) is 12.4. The van der Waals surface area contributed by atoms with E-state index in [1.807, 2.05) is 0 Å². The van der Waals surface area contributed by atoms with Crippen molar-refractivity contribution in [3.63, 3.8) is 0 Å². The van der Waals surface area contributed by atoms with E-state index in [0.717, 1.165) is 0 Å². The molecule has 0 aliphatic carbocycles. The second-order valence-electron chi connectivity index (χ2n) is 3.54. The van der Waals surface area contributed by atoms with E-state index in [0.29, 0.717) is 27.8 Å². The van der Waals surface area contributed by atoms with Crippen LogP contribution in [0.25, 0.3) is 0 Å². The van der Waals surface area contributed by atoms with Gasteiger partial charge in [-0.25, -0.2) is 4.79 Å². The predicted octanol–water partition coefficient (Wildman–Crippen LogP) is 3.16. The Morgan fingerprint density at radius 1 is 1.29 bits per heavy atom. The van der Waals surface area contributed by atoms with Crippen LogP contribution in [0.15, 0.2) is 28.8 Å². The number of nitrogens with zero attached hydrogens (tertiary/aromatic N) is 1. The van der Waals surface area contributed by atoms with Gasteiger partial charge in [0.2, 0.25) is 0 Å². The molecule has 2 rings (SSSR count). The lowest BCUT2D eigenvalue weighted by molar-refractivity contribution is 0.0732. The summed E-state index contributed by atoms with van der Waals surface area (Å²) in [6.45, 7) is 3.35. The minimum atomic E-state index is -0.483. The third kappa shape index (κ3) is 2.47. The van der Waals surface area contributed by atoms with Gasteiger partial charge in [0.1, 0.15) is 17.1 Å². The summed E-state index contributed by atoms with van der Waals surface area (Å²) < 4.78 is 10.1. The van der Waals surface area contributed by atoms with Gasteiger partial charge in [-0.3, -0.25) is 0 Å². The standard InChI is InChI=1S/C12H10ClNO3/c1-7-11(8(2)17-14-7)12(15)16-10-5-3-9(13)4-6-10/h3-6H,1-2H3. The number of esters is 1. The van der Waals surface area contributed by atoms with Crippen molar-refractivity contribution >= 4 is 17.6 Å². The van der Waals surface area contributed by atoms with Gasteiger partial charge < -0.3 is 9.26 Å². The number of rotatable bonds is 2. The van der Waals surface area contributed by atoms with Gasteiger partial charge in [0.25, 0.3) is 0 Å². The zero-order valence-electron chi connectivity index (χ0n) is 9.36. The number of aryl methyl sites for hydroxylation is 2. The number of hydrogen-bond acceptors (Lipinski definition) is 4. The van der Waals surface area contributed by atoms with Gasteiger partial charge in [-0.2, -0.15) is 0 Å². The van der Waals surface area contributed by atoms with E-state index in [1.165, 1.54) is 0 Å². The number of aromatic nitrogens is 1. The van der Waals surface area contributed by atoms with Crippen LogP contribution in [0.2, 0.25) is 5.02 Å². The van der Waals surface area contributed by atoms with Gasteiger partial charge in [-0.15, -0.1) is 0 Å². The molecule has 0 saturated heterocycles. The van der Waals surface area contributed by atoms with E-state index in [2.05, 4.69) is 5.16 Å². The minimum Gasteiger partial charge on any atom is -0.423 e. The summed E-state index contributed by atoms with van der Waals surface area (Å²) in [6, 6.07) is 6.55. The topological polar surface area (TPSA) is 52.3 Å². The molecule has 0 aliphatic rings. The average Bonchev–Trinajstić information content (AvgIpc) is 2.62. The van der Waals surface area contributed by atoms with Gasteiger partial charge >= 0.3 is 5.97 Å². The zero-order valence-corrected chi connectivity index (χ0v) is 10.1. The highest BCUT2D eigenvalue weighted by Gasteiger charge is 2.19. The maximum absolute atomic E-state index is 11.8. The Bertz CT molecular complexity index is 526. The molecule has 0 N–H and O–H groups in total. The maximum atomic E-state index is 11.8. The van der Waals surface area contributed by atoms with Gasteiger partial charge in [0.05, 0.1) is 5.69 Å². The second kappa shape index (κ2) is 4.59. The summed E-state index contributed by atoms with van der Waals surface area (Å²) in [5.74, 6) is 0.393. The van der Waals surface area contributed by atoms with Crippen LogP contribution in [-0.4, -0.2) is 11.1 Å². The molecule has 5 heteroatoms. The Labute approximate surface area is 103 Å². The molecular weight excluding hydrogens is 242 g/mol. The number of carbonyl (C=O) groups is 1. The van der Waals surface area contributed by atoms with Crippen LogP contribution >= 0.6 is 11.6 Å². The number of halogens is 1. The quantitative estimate of drug-likeness (QED) is 0.608. The third-order valence-corrected chi connectivity index (χ3v) is 2.51. The lowest BCUT2D eigenvalue weighted by Gasteiger charge is -2.03. The molecule has 17 heavy (non-hydrogen) atoms. The Kier molecular flexibility index (Phi) is 3.15. The highest BCUT2D eigenvalue weighted by atomic mass is 35.5. The molecule has 0 bridgehead atoms. The van der Waals surface area contributed by atoms with Crippen LogP contribution in [0.4, 0.5) is 0 Å². The first kappa shape index (κ1) is 11.7. The molecule has 1 aromatic heterocycles. The van der Waals surface area contributed by atoms with Crippen molar-refractivity contribution in [2.24, 2.45) is 0 Å². The normalized spacial score (nSPS) is 10.3. The van der Waals surface area contributed by atoms with Crippen molar-refractivity contribution in [1.82, 2.24) is 5.16 Å². The fourth-order valence-corrected chi connectivity index (χ4v) is 1.56. The average molecular weight is 252 g/mol. The van der Waals surface area contributed by atoms with Crippen molar-refractivity contribution in [2.45, 2.75) is 13.8 Å². The first-order valence-corrected chi connectivity index (χ1v) is 5.36. The summed E-state index contributed by atoms with van der Waals surface area (Å²) in [5.41, 5.74) is 0.876. The minimum absolute atomic E-state index is 0.361. The summed E-state index contributed by atoms with van der Waals surface area (Å²) in [5, 5.41) is 4.28. The van der Waals surface area contributed by atoms with Gasteiger partial charge in [0.15, 0.2) is 0 Å². The molecule has 0 saturated carbocycles. The van der Waals surface area contributed by atoms with Crippen molar-refractivity contribution in [2.75, 3.05) is 0 Å². The molecule has 0 radical (unpaired) electrons. The Balaban J connectivity index is 2.20. The van der Waals surface area contributed by atoms with Gasteiger partial charge in [-0.05, 0) is 38.1 Å². The van der Waals surface area contributed by atoms with E-state index >= 15 is 0 Å². The number of benzene rings is 1. The monoisotopic (exact) mass is 251 g/mol. The third-order valence-electron chi connectivity index (χ3n) is 2.26. The molecule has 4 nitrogen and oxygen atoms in total. The molecule has 0 unspecified atom stereocenters. The largest absolute Gasteiger partial charge is 0.423 e. The first-order chi connectivity index (χ1) is 8.08. The summed E-state index contributed by atoms with van der Waals surface area (Å²) >= 11 is 5.73. The van der Waals surface area contributed by atoms with Gasteiger partial charge in [0, 0.05) is 5.02 Å². The van der Waals surface area contributed by atoms with Crippen LogP contribution < -0.4 is 4.74 Å². The first-order valence-electron chi connectivity index (χ1n) is 4.98. The Morgan fingerprint density at radius 2 is 1.94 bits per heavy atom. The lowest BCUT2D eigenvalue weighted by atomic mass is 10.2. The predicted molar refractivity (Wildman–Crippen MR) is 62.4 cm³/mol. The molecular formula is C12H10ClNO3. The SMILES string of the molecule is Cc1noc(C)c1C(=O)Oc1ccc(Cl)cc1. The fraction of sp³-hybridized carbons (Fsp3) is 0.167. The van der Waals surface area contributed by atoms with Crippen LogP contribution in [0.5, 0.6) is 5.75 Å². The van der Waals surface area contributed by atoms with E-state index in [9.17, 15) is 4.79 Å². The second-order valence-corrected chi connectivity index (χ2v) is 3.98. The molecule has 0 spiro atoms. The van der Waals surface area contributed by atoms with E-state index in [1.54, 1.807) is 38.1 Å². The molecule has 88 valence electrons. The molecule has 2 aromatic rings. The van der Waals surface area contributed by atoms with Crippen LogP contribution in [-0.2, 0) is 0 Å². The van der Waals surface area contributed by atoms with E-state index < -0.39 is 5.97 Å². The number of hydrogen-bond donors (Lipinski definition) is 0. The molecule has 0 atom stereocenters. The van der Waals surface area contributed by atoms with E-state index in [-0.39, 0.29) is 0 Å². The van der Waals surface area contributed by atoms with Crippen LogP contribution in [0.3, 0.4) is 0 Å². The van der Waals surface area contributed by atoms with Crippen molar-refractivity contribution < 1.29 is 14.1 Å². The summed E-state index contributed by atoms with van der Waals surface area (Å²) in [7, 11) is 0. The Morgan fingerprint density at radius 3 is 2.47 bits per heavy atom. The highest BCUT2D eigenvalue weighted by molar-refractivity contribution is 6.30. The van der Waals surface area contributed by atoms with Crippen molar-refractivity contribution in [3.05, 3.63) is 46.3 Å². The highest BCUT2D eigenvalue weighted by Crippen LogP contribution is 2.19.